The number of nitrogens with one attached hydrogen (secondary N) is 1. The Balaban J connectivity index is 2.31. The molecule has 10 heteroatoms. The van der Waals surface area contributed by atoms with Gasteiger partial charge in [0.15, 0.2) is 0 Å². The van der Waals surface area contributed by atoms with Crippen LogP contribution >= 0.6 is 11.6 Å². The fraction of sp³-hybridized carbons (Fsp3) is 0.611. The summed E-state index contributed by atoms with van der Waals surface area (Å²) >= 11 is 6.04. The minimum absolute atomic E-state index is 0.0197. The van der Waals surface area contributed by atoms with Crippen molar-refractivity contribution in [2.75, 3.05) is 13.1 Å². The van der Waals surface area contributed by atoms with Gasteiger partial charge in [0.25, 0.3) is 5.69 Å². The summed E-state index contributed by atoms with van der Waals surface area (Å²) in [6.07, 6.45) is 2.95. The molecule has 28 heavy (non-hydrogen) atoms. The summed E-state index contributed by atoms with van der Waals surface area (Å²) in [7, 11) is -4.03. The van der Waals surface area contributed by atoms with E-state index in [2.05, 4.69) is 5.32 Å². The standard InChI is InChI=1S/C18H26ClN3O5S/c1-4-5-8-20-18(23)14-7-6-12(2)21(11-14)28(26,27)15-9-16(19)13(3)17(10-15)22(24)25/h9-10,12,14H,4-8,11H2,1-3H3,(H,20,23). The van der Waals surface area contributed by atoms with E-state index in [1.807, 2.05) is 6.92 Å². The number of halogens is 1. The smallest absolute Gasteiger partial charge is 0.275 e. The van der Waals surface area contributed by atoms with E-state index in [9.17, 15) is 23.3 Å². The fourth-order valence-corrected chi connectivity index (χ4v) is 5.30. The first-order chi connectivity index (χ1) is 13.1. The zero-order valence-corrected chi connectivity index (χ0v) is 17.8. The summed E-state index contributed by atoms with van der Waals surface area (Å²) in [5.41, 5.74) is -0.130. The van der Waals surface area contributed by atoms with Crippen molar-refractivity contribution in [2.45, 2.75) is 57.4 Å². The topological polar surface area (TPSA) is 110 Å². The lowest BCUT2D eigenvalue weighted by Gasteiger charge is -2.36. The van der Waals surface area contributed by atoms with Crippen molar-refractivity contribution < 1.29 is 18.1 Å². The highest BCUT2D eigenvalue weighted by Gasteiger charge is 2.38. The highest BCUT2D eigenvalue weighted by molar-refractivity contribution is 7.89. The Hall–Kier alpha value is -1.71. The first-order valence-electron chi connectivity index (χ1n) is 9.33. The highest BCUT2D eigenvalue weighted by atomic mass is 35.5. The maximum absolute atomic E-state index is 13.2. The molecule has 0 bridgehead atoms. The van der Waals surface area contributed by atoms with Crippen LogP contribution in [0.2, 0.25) is 5.02 Å². The molecule has 156 valence electrons. The van der Waals surface area contributed by atoms with Gasteiger partial charge in [0.05, 0.1) is 20.8 Å². The molecule has 2 rings (SSSR count). The predicted octanol–water partition coefficient (Wildman–Crippen LogP) is 3.26. The zero-order valence-electron chi connectivity index (χ0n) is 16.3. The lowest BCUT2D eigenvalue weighted by molar-refractivity contribution is -0.385. The average Bonchev–Trinajstić information content (AvgIpc) is 2.63. The molecule has 8 nitrogen and oxygen atoms in total. The molecule has 1 amide bonds. The second-order valence-corrected chi connectivity index (χ2v) is 9.45. The minimum atomic E-state index is -4.03. The lowest BCUT2D eigenvalue weighted by Crippen LogP contribution is -2.49. The number of rotatable bonds is 7. The number of piperidine rings is 1. The van der Waals surface area contributed by atoms with Crippen LogP contribution < -0.4 is 5.32 Å². The number of nitro groups is 1. The van der Waals surface area contributed by atoms with Gasteiger partial charge in [0.1, 0.15) is 0 Å². The molecule has 1 N–H and O–H groups in total. The summed E-state index contributed by atoms with van der Waals surface area (Å²) in [6, 6.07) is 1.95. The molecule has 0 spiro atoms. The third-order valence-corrected chi connectivity index (χ3v) is 7.47. The Morgan fingerprint density at radius 1 is 1.39 bits per heavy atom. The molecule has 0 aliphatic carbocycles. The quantitative estimate of drug-likeness (QED) is 0.404. The summed E-state index contributed by atoms with van der Waals surface area (Å²) < 4.78 is 27.6. The first kappa shape index (κ1) is 22.6. The Labute approximate surface area is 170 Å². The van der Waals surface area contributed by atoms with E-state index >= 15 is 0 Å². The third kappa shape index (κ3) is 4.82. The number of nitrogens with zero attached hydrogens (tertiary/aromatic N) is 2. The average molecular weight is 432 g/mol. The van der Waals surface area contributed by atoms with Gasteiger partial charge in [0, 0.05) is 30.8 Å². The molecule has 0 saturated carbocycles. The SMILES string of the molecule is CCCCNC(=O)C1CCC(C)N(S(=O)(=O)c2cc(Cl)c(C)c([N+](=O)[O-])c2)C1. The van der Waals surface area contributed by atoms with Crippen molar-refractivity contribution >= 4 is 33.2 Å². The summed E-state index contributed by atoms with van der Waals surface area (Å²) in [5.74, 6) is -0.604. The molecule has 1 aliphatic heterocycles. The number of carbonyl (C=O) groups is 1. The number of unbranched alkanes of at least 4 members (excludes halogenated alkanes) is 1. The Morgan fingerprint density at radius 3 is 2.68 bits per heavy atom. The van der Waals surface area contributed by atoms with Crippen LogP contribution in [-0.2, 0) is 14.8 Å². The molecule has 0 aromatic heterocycles. The summed E-state index contributed by atoms with van der Waals surface area (Å²) in [5, 5.41) is 14.1. The molecular formula is C18H26ClN3O5S. The van der Waals surface area contributed by atoms with Crippen LogP contribution in [0, 0.1) is 23.0 Å². The van der Waals surface area contributed by atoms with Crippen LogP contribution in [0.4, 0.5) is 5.69 Å². The van der Waals surface area contributed by atoms with Crippen LogP contribution in [0.25, 0.3) is 0 Å². The number of sulfonamides is 1. The number of amides is 1. The van der Waals surface area contributed by atoms with Gasteiger partial charge in [0.2, 0.25) is 15.9 Å². The normalized spacial score (nSPS) is 20.7. The van der Waals surface area contributed by atoms with Gasteiger partial charge < -0.3 is 5.32 Å². The Bertz CT molecular complexity index is 859. The molecule has 2 unspecified atom stereocenters. The third-order valence-electron chi connectivity index (χ3n) is 5.12. The van der Waals surface area contributed by atoms with Crippen LogP contribution in [0.1, 0.15) is 45.1 Å². The number of hydrogen-bond donors (Lipinski definition) is 1. The molecule has 1 aliphatic rings. The minimum Gasteiger partial charge on any atom is -0.356 e. The molecule has 1 fully saturated rings. The first-order valence-corrected chi connectivity index (χ1v) is 11.2. The fourth-order valence-electron chi connectivity index (χ4n) is 3.27. The van der Waals surface area contributed by atoms with E-state index in [4.69, 9.17) is 11.6 Å². The second kappa shape index (κ2) is 9.19. The molecular weight excluding hydrogens is 406 g/mol. The maximum atomic E-state index is 13.2. The van der Waals surface area contributed by atoms with Gasteiger partial charge in [-0.05, 0) is 39.2 Å². The lowest BCUT2D eigenvalue weighted by atomic mass is 9.94. The van der Waals surface area contributed by atoms with Crippen molar-refractivity contribution in [3.8, 4) is 0 Å². The number of carbonyl (C=O) groups excluding carboxylic acids is 1. The number of nitro benzene ring substituents is 1. The van der Waals surface area contributed by atoms with E-state index in [0.717, 1.165) is 18.9 Å². The maximum Gasteiger partial charge on any atom is 0.275 e. The van der Waals surface area contributed by atoms with Gasteiger partial charge in [-0.3, -0.25) is 14.9 Å². The van der Waals surface area contributed by atoms with Gasteiger partial charge in [-0.2, -0.15) is 4.31 Å². The summed E-state index contributed by atoms with van der Waals surface area (Å²) in [4.78, 5) is 22.8. The van der Waals surface area contributed by atoms with Crippen molar-refractivity contribution in [1.82, 2.24) is 9.62 Å². The van der Waals surface area contributed by atoms with Gasteiger partial charge in [-0.1, -0.05) is 24.9 Å². The van der Waals surface area contributed by atoms with E-state index < -0.39 is 20.9 Å². The molecule has 1 heterocycles. The number of benzene rings is 1. The largest absolute Gasteiger partial charge is 0.356 e. The molecule has 1 aromatic rings. The van der Waals surface area contributed by atoms with Crippen LogP contribution in [0.15, 0.2) is 17.0 Å². The molecule has 2 atom stereocenters. The Kier molecular flexibility index (Phi) is 7.41. The van der Waals surface area contributed by atoms with Crippen LogP contribution in [0.3, 0.4) is 0 Å². The predicted molar refractivity (Wildman–Crippen MR) is 107 cm³/mol. The van der Waals surface area contributed by atoms with E-state index in [1.54, 1.807) is 6.92 Å². The van der Waals surface area contributed by atoms with Gasteiger partial charge in [-0.25, -0.2) is 8.42 Å². The molecule has 0 radical (unpaired) electrons. The summed E-state index contributed by atoms with van der Waals surface area (Å²) in [6.45, 7) is 5.87. The van der Waals surface area contributed by atoms with Crippen molar-refractivity contribution in [3.05, 3.63) is 32.8 Å². The van der Waals surface area contributed by atoms with E-state index in [0.29, 0.717) is 19.4 Å². The van der Waals surface area contributed by atoms with Gasteiger partial charge in [-0.15, -0.1) is 0 Å². The molecule has 1 saturated heterocycles. The van der Waals surface area contributed by atoms with Crippen LogP contribution in [0.5, 0.6) is 0 Å². The van der Waals surface area contributed by atoms with E-state index in [1.165, 1.54) is 17.3 Å². The molecule has 1 aromatic carbocycles. The van der Waals surface area contributed by atoms with E-state index in [-0.39, 0.29) is 39.7 Å². The van der Waals surface area contributed by atoms with Crippen molar-refractivity contribution in [1.29, 1.82) is 0 Å². The van der Waals surface area contributed by atoms with Crippen molar-refractivity contribution in [3.63, 3.8) is 0 Å². The van der Waals surface area contributed by atoms with Crippen LogP contribution in [-0.4, -0.2) is 42.7 Å². The monoisotopic (exact) mass is 431 g/mol. The van der Waals surface area contributed by atoms with Crippen molar-refractivity contribution in [2.24, 2.45) is 5.92 Å². The Morgan fingerprint density at radius 2 is 2.07 bits per heavy atom. The van der Waals surface area contributed by atoms with Gasteiger partial charge >= 0.3 is 0 Å². The zero-order chi connectivity index (χ0) is 21.1. The number of hydrogen-bond acceptors (Lipinski definition) is 5. The highest BCUT2D eigenvalue weighted by Crippen LogP contribution is 2.33. The second-order valence-electron chi connectivity index (χ2n) is 7.15.